The lowest BCUT2D eigenvalue weighted by molar-refractivity contribution is 0.422. The number of phenols is 2. The normalized spacial score (nSPS) is 12.4. The van der Waals surface area contributed by atoms with Gasteiger partial charge in [-0.1, -0.05) is 65.8 Å². The Bertz CT molecular complexity index is 663. The summed E-state index contributed by atoms with van der Waals surface area (Å²) in [7, 11) is 0. The van der Waals surface area contributed by atoms with Crippen molar-refractivity contribution in [2.24, 2.45) is 0 Å². The third-order valence-electron chi connectivity index (χ3n) is 4.42. The Labute approximate surface area is 146 Å². The molecule has 0 unspecified atom stereocenters. The van der Waals surface area contributed by atoms with Crippen LogP contribution < -0.4 is 0 Å². The van der Waals surface area contributed by atoms with Crippen molar-refractivity contribution in [3.05, 3.63) is 58.7 Å². The molecular formula is C22H30O2. The minimum absolute atomic E-state index is 0.0986. The van der Waals surface area contributed by atoms with Gasteiger partial charge in [0.05, 0.1) is 0 Å². The van der Waals surface area contributed by atoms with E-state index in [0.29, 0.717) is 11.5 Å². The lowest BCUT2D eigenvalue weighted by atomic mass is 9.78. The van der Waals surface area contributed by atoms with Gasteiger partial charge in [-0.15, -0.1) is 0 Å². The predicted octanol–water partition coefficient (Wildman–Crippen LogP) is 5.48. The molecule has 24 heavy (non-hydrogen) atoms. The van der Waals surface area contributed by atoms with Crippen LogP contribution in [0.15, 0.2) is 36.4 Å². The third-order valence-corrected chi connectivity index (χ3v) is 4.42. The topological polar surface area (TPSA) is 40.5 Å². The van der Waals surface area contributed by atoms with Gasteiger partial charge in [-0.3, -0.25) is 0 Å². The molecule has 0 aliphatic carbocycles. The number of hydrogen-bond donors (Lipinski definition) is 2. The van der Waals surface area contributed by atoms with Crippen LogP contribution >= 0.6 is 0 Å². The average molecular weight is 326 g/mol. The number of aromatic hydroxyl groups is 2. The molecular weight excluding hydrogens is 296 g/mol. The first-order chi connectivity index (χ1) is 11.0. The molecule has 0 bridgehead atoms. The fraction of sp³-hybridized carbons (Fsp3) is 0.455. The lowest BCUT2D eigenvalue weighted by Gasteiger charge is -2.28. The summed E-state index contributed by atoms with van der Waals surface area (Å²) in [6.07, 6.45) is 1.83. The van der Waals surface area contributed by atoms with Crippen LogP contribution in [0.1, 0.15) is 63.8 Å². The molecule has 0 heterocycles. The van der Waals surface area contributed by atoms with Gasteiger partial charge in [-0.05, 0) is 58.1 Å². The van der Waals surface area contributed by atoms with E-state index in [1.807, 2.05) is 12.1 Å². The lowest BCUT2D eigenvalue weighted by Crippen LogP contribution is -2.18. The van der Waals surface area contributed by atoms with E-state index >= 15 is 0 Å². The summed E-state index contributed by atoms with van der Waals surface area (Å²) in [6, 6.07) is 11.7. The van der Waals surface area contributed by atoms with Crippen LogP contribution in [0, 0.1) is 0 Å². The van der Waals surface area contributed by atoms with Crippen LogP contribution in [0.25, 0.3) is 0 Å². The van der Waals surface area contributed by atoms with Crippen molar-refractivity contribution in [2.45, 2.75) is 65.2 Å². The van der Waals surface area contributed by atoms with E-state index in [4.69, 9.17) is 0 Å². The molecule has 0 aromatic heterocycles. The van der Waals surface area contributed by atoms with Crippen LogP contribution in [-0.2, 0) is 23.7 Å². The monoisotopic (exact) mass is 326 g/mol. The first-order valence-electron chi connectivity index (χ1n) is 8.63. The zero-order valence-electron chi connectivity index (χ0n) is 15.8. The highest BCUT2D eigenvalue weighted by atomic mass is 16.3. The van der Waals surface area contributed by atoms with Crippen molar-refractivity contribution in [3.8, 4) is 11.5 Å². The number of rotatable bonds is 3. The van der Waals surface area contributed by atoms with Crippen LogP contribution in [0.3, 0.4) is 0 Å². The van der Waals surface area contributed by atoms with E-state index < -0.39 is 0 Å². The minimum atomic E-state index is -0.0986. The molecule has 0 saturated heterocycles. The average Bonchev–Trinajstić information content (AvgIpc) is 2.45. The molecule has 2 rings (SSSR count). The van der Waals surface area contributed by atoms with Gasteiger partial charge in [0, 0.05) is 0 Å². The molecule has 0 aliphatic heterocycles. The van der Waals surface area contributed by atoms with Crippen molar-refractivity contribution >= 4 is 0 Å². The van der Waals surface area contributed by atoms with E-state index in [9.17, 15) is 10.2 Å². The molecule has 0 spiro atoms. The Balaban J connectivity index is 2.37. The minimum Gasteiger partial charge on any atom is -0.508 e. The third kappa shape index (κ3) is 4.31. The van der Waals surface area contributed by atoms with E-state index in [1.165, 1.54) is 11.1 Å². The largest absolute Gasteiger partial charge is 0.508 e. The number of hydrogen-bond acceptors (Lipinski definition) is 2. The van der Waals surface area contributed by atoms with Crippen LogP contribution in [0.5, 0.6) is 11.5 Å². The SMILES string of the molecule is CC(C)(C)c1cc(CCc2ccc(O)cc2)cc(C(C)(C)C)c1O. The summed E-state index contributed by atoms with van der Waals surface area (Å²) in [5.74, 6) is 0.733. The fourth-order valence-electron chi connectivity index (χ4n) is 2.93. The van der Waals surface area contributed by atoms with Crippen molar-refractivity contribution < 1.29 is 10.2 Å². The molecule has 2 nitrogen and oxygen atoms in total. The molecule has 0 radical (unpaired) electrons. The maximum absolute atomic E-state index is 10.8. The van der Waals surface area contributed by atoms with Crippen molar-refractivity contribution in [3.63, 3.8) is 0 Å². The summed E-state index contributed by atoms with van der Waals surface area (Å²) < 4.78 is 0. The highest BCUT2D eigenvalue weighted by Gasteiger charge is 2.26. The van der Waals surface area contributed by atoms with Gasteiger partial charge in [0.15, 0.2) is 0 Å². The first-order valence-corrected chi connectivity index (χ1v) is 8.63. The Morgan fingerprint density at radius 3 is 1.50 bits per heavy atom. The molecule has 0 aliphatic rings. The zero-order valence-corrected chi connectivity index (χ0v) is 15.8. The summed E-state index contributed by atoms with van der Waals surface area (Å²) >= 11 is 0. The predicted molar refractivity (Wildman–Crippen MR) is 101 cm³/mol. The summed E-state index contributed by atoms with van der Waals surface area (Å²) in [5, 5.41) is 20.2. The van der Waals surface area contributed by atoms with Crippen molar-refractivity contribution in [2.75, 3.05) is 0 Å². The maximum Gasteiger partial charge on any atom is 0.123 e. The van der Waals surface area contributed by atoms with Crippen molar-refractivity contribution in [1.82, 2.24) is 0 Å². The molecule has 0 fully saturated rings. The Hall–Kier alpha value is -1.96. The fourth-order valence-corrected chi connectivity index (χ4v) is 2.93. The molecule has 0 amide bonds. The number of benzene rings is 2. The summed E-state index contributed by atoms with van der Waals surface area (Å²) in [4.78, 5) is 0. The van der Waals surface area contributed by atoms with Crippen LogP contribution in [0.4, 0.5) is 0 Å². The Morgan fingerprint density at radius 1 is 0.667 bits per heavy atom. The Kier molecular flexibility index (Phi) is 4.98. The van der Waals surface area contributed by atoms with Gasteiger partial charge >= 0.3 is 0 Å². The summed E-state index contributed by atoms with van der Waals surface area (Å²) in [5.41, 5.74) is 4.27. The van der Waals surface area contributed by atoms with Gasteiger partial charge in [-0.25, -0.2) is 0 Å². The van der Waals surface area contributed by atoms with Gasteiger partial charge in [-0.2, -0.15) is 0 Å². The number of aryl methyl sites for hydroxylation is 2. The van der Waals surface area contributed by atoms with E-state index in [2.05, 4.69) is 53.7 Å². The first kappa shape index (κ1) is 18.4. The van der Waals surface area contributed by atoms with E-state index in [0.717, 1.165) is 24.0 Å². The molecule has 130 valence electrons. The Morgan fingerprint density at radius 2 is 1.08 bits per heavy atom. The highest BCUT2D eigenvalue weighted by Crippen LogP contribution is 2.40. The van der Waals surface area contributed by atoms with E-state index in [-0.39, 0.29) is 10.8 Å². The second-order valence-corrected chi connectivity index (χ2v) is 8.71. The van der Waals surface area contributed by atoms with Crippen LogP contribution in [0.2, 0.25) is 0 Å². The second-order valence-electron chi connectivity index (χ2n) is 8.71. The molecule has 2 heteroatoms. The smallest absolute Gasteiger partial charge is 0.123 e. The van der Waals surface area contributed by atoms with Gasteiger partial charge in [0.2, 0.25) is 0 Å². The zero-order chi connectivity index (χ0) is 18.1. The van der Waals surface area contributed by atoms with Gasteiger partial charge in [0.25, 0.3) is 0 Å². The van der Waals surface area contributed by atoms with Crippen molar-refractivity contribution in [1.29, 1.82) is 0 Å². The maximum atomic E-state index is 10.8. The molecule has 2 N–H and O–H groups in total. The second kappa shape index (κ2) is 6.51. The van der Waals surface area contributed by atoms with Gasteiger partial charge < -0.3 is 10.2 Å². The standard InChI is InChI=1S/C22H30O2/c1-21(2,3)18-13-16(14-19(20(18)24)22(4,5)6)8-7-15-9-11-17(23)12-10-15/h9-14,23-24H,7-8H2,1-6H3. The molecule has 0 atom stereocenters. The molecule has 2 aromatic rings. The van der Waals surface area contributed by atoms with Gasteiger partial charge in [0.1, 0.15) is 11.5 Å². The quantitative estimate of drug-likeness (QED) is 0.784. The van der Waals surface area contributed by atoms with E-state index in [1.54, 1.807) is 12.1 Å². The van der Waals surface area contributed by atoms with Crippen LogP contribution in [-0.4, -0.2) is 10.2 Å². The highest BCUT2D eigenvalue weighted by molar-refractivity contribution is 5.50. The molecule has 2 aromatic carbocycles. The number of phenolic OH excluding ortho intramolecular Hbond substituents is 2. The summed E-state index contributed by atoms with van der Waals surface area (Å²) in [6.45, 7) is 12.8. The molecule has 0 saturated carbocycles.